The summed E-state index contributed by atoms with van der Waals surface area (Å²) in [5.41, 5.74) is 0. The topological polar surface area (TPSA) is 30.2 Å². The van der Waals surface area contributed by atoms with Crippen LogP contribution in [-0.4, -0.2) is 13.1 Å². The van der Waals surface area contributed by atoms with Crippen molar-refractivity contribution in [3.63, 3.8) is 0 Å². The SMILES string of the molecule is [O-][n+]1c(Cl)cc(S)cc1N1CCCCC1. The van der Waals surface area contributed by atoms with Gasteiger partial charge in [-0.25, -0.2) is 4.73 Å². The number of aromatic nitrogens is 1. The van der Waals surface area contributed by atoms with Crippen molar-refractivity contribution < 1.29 is 4.73 Å². The molecule has 0 saturated carbocycles. The Hall–Kier alpha value is -0.610. The minimum Gasteiger partial charge on any atom is -0.710 e. The van der Waals surface area contributed by atoms with Gasteiger partial charge >= 0.3 is 0 Å². The summed E-state index contributed by atoms with van der Waals surface area (Å²) in [6.45, 7) is 1.85. The molecular weight excluding hydrogens is 232 g/mol. The molecular formula is C10H13ClN2OS. The molecule has 1 fully saturated rings. The van der Waals surface area contributed by atoms with E-state index < -0.39 is 0 Å². The molecule has 2 rings (SSSR count). The van der Waals surface area contributed by atoms with Crippen LogP contribution in [-0.2, 0) is 0 Å². The number of piperidine rings is 1. The van der Waals surface area contributed by atoms with E-state index in [1.54, 1.807) is 12.1 Å². The Bertz CT molecular complexity index is 367. The summed E-state index contributed by atoms with van der Waals surface area (Å²) in [5.74, 6) is 0.618. The minimum atomic E-state index is 0.183. The number of rotatable bonds is 1. The van der Waals surface area contributed by atoms with Gasteiger partial charge in [-0.1, -0.05) is 0 Å². The van der Waals surface area contributed by atoms with E-state index in [9.17, 15) is 5.21 Å². The quantitative estimate of drug-likeness (QED) is 0.356. The van der Waals surface area contributed by atoms with Gasteiger partial charge in [0.15, 0.2) is 5.15 Å². The predicted molar refractivity (Wildman–Crippen MR) is 63.7 cm³/mol. The monoisotopic (exact) mass is 244 g/mol. The third-order valence-electron chi connectivity index (χ3n) is 2.63. The third-order valence-corrected chi connectivity index (χ3v) is 3.15. The van der Waals surface area contributed by atoms with Crippen LogP contribution >= 0.6 is 24.2 Å². The molecule has 0 spiro atoms. The van der Waals surface area contributed by atoms with Gasteiger partial charge in [0.2, 0.25) is 0 Å². The maximum Gasteiger partial charge on any atom is 0.281 e. The van der Waals surface area contributed by atoms with E-state index in [0.29, 0.717) is 5.82 Å². The first kappa shape index (κ1) is 10.9. The normalized spacial score (nSPS) is 16.8. The zero-order valence-corrected chi connectivity index (χ0v) is 9.97. The predicted octanol–water partition coefficient (Wildman–Crippen LogP) is 2.25. The first-order chi connectivity index (χ1) is 7.18. The summed E-state index contributed by atoms with van der Waals surface area (Å²) < 4.78 is 0.770. The van der Waals surface area contributed by atoms with Gasteiger partial charge in [-0.05, 0) is 30.9 Å². The van der Waals surface area contributed by atoms with Gasteiger partial charge in [0.1, 0.15) is 0 Å². The molecule has 1 aliphatic rings. The van der Waals surface area contributed by atoms with Crippen LogP contribution in [0, 0.1) is 5.21 Å². The molecule has 1 aromatic rings. The fourth-order valence-corrected chi connectivity index (χ4v) is 2.38. The molecule has 15 heavy (non-hydrogen) atoms. The zero-order chi connectivity index (χ0) is 10.8. The van der Waals surface area contributed by atoms with Crippen LogP contribution in [0.25, 0.3) is 0 Å². The fourth-order valence-electron chi connectivity index (χ4n) is 1.87. The van der Waals surface area contributed by atoms with E-state index in [1.807, 2.05) is 0 Å². The van der Waals surface area contributed by atoms with Crippen molar-refractivity contribution in [1.82, 2.24) is 0 Å². The van der Waals surface area contributed by atoms with Gasteiger partial charge in [-0.15, -0.1) is 12.6 Å². The van der Waals surface area contributed by atoms with Crippen LogP contribution in [0.3, 0.4) is 0 Å². The number of pyridine rings is 1. The van der Waals surface area contributed by atoms with Gasteiger partial charge in [0.25, 0.3) is 5.82 Å². The van der Waals surface area contributed by atoms with Crippen LogP contribution in [0.5, 0.6) is 0 Å². The highest BCUT2D eigenvalue weighted by Crippen LogP contribution is 2.21. The van der Waals surface area contributed by atoms with Crippen LogP contribution in [0.15, 0.2) is 17.0 Å². The van der Waals surface area contributed by atoms with Crippen molar-refractivity contribution >= 4 is 30.0 Å². The highest BCUT2D eigenvalue weighted by molar-refractivity contribution is 7.80. The summed E-state index contributed by atoms with van der Waals surface area (Å²) >= 11 is 10.0. The minimum absolute atomic E-state index is 0.183. The van der Waals surface area contributed by atoms with Gasteiger partial charge < -0.3 is 5.21 Å². The summed E-state index contributed by atoms with van der Waals surface area (Å²) in [5, 5.41) is 11.9. The lowest BCUT2D eigenvalue weighted by molar-refractivity contribution is -0.590. The maximum atomic E-state index is 11.7. The molecule has 0 N–H and O–H groups in total. The standard InChI is InChI=1S/C10H13ClN2OS/c11-9-6-8(15)7-10(13(9)14)12-4-2-1-3-5-12/h6-7,15H,1-5H2. The summed E-state index contributed by atoms with van der Waals surface area (Å²) in [6.07, 6.45) is 3.51. The summed E-state index contributed by atoms with van der Waals surface area (Å²) in [7, 11) is 0. The molecule has 0 aromatic carbocycles. The van der Waals surface area contributed by atoms with E-state index in [2.05, 4.69) is 17.5 Å². The molecule has 0 bridgehead atoms. The molecule has 1 saturated heterocycles. The molecule has 82 valence electrons. The Labute approximate surface area is 99.6 Å². The largest absolute Gasteiger partial charge is 0.710 e. The molecule has 5 heteroatoms. The molecule has 0 radical (unpaired) electrons. The number of thiol groups is 1. The van der Waals surface area contributed by atoms with Crippen LogP contribution in [0.2, 0.25) is 5.15 Å². The van der Waals surface area contributed by atoms with Gasteiger partial charge in [0, 0.05) is 17.0 Å². The molecule has 3 nitrogen and oxygen atoms in total. The lowest BCUT2D eigenvalue weighted by atomic mass is 10.1. The van der Waals surface area contributed by atoms with Crippen molar-refractivity contribution in [1.29, 1.82) is 0 Å². The molecule has 0 atom stereocenters. The Morgan fingerprint density at radius 1 is 1.27 bits per heavy atom. The van der Waals surface area contributed by atoms with Gasteiger partial charge in [-0.2, -0.15) is 0 Å². The number of halogens is 1. The molecule has 1 aromatic heterocycles. The molecule has 0 aliphatic carbocycles. The van der Waals surface area contributed by atoms with E-state index >= 15 is 0 Å². The van der Waals surface area contributed by atoms with Gasteiger partial charge in [-0.3, -0.25) is 4.90 Å². The molecule has 0 amide bonds. The lowest BCUT2D eigenvalue weighted by Crippen LogP contribution is -2.41. The van der Waals surface area contributed by atoms with Crippen molar-refractivity contribution in [3.8, 4) is 0 Å². The van der Waals surface area contributed by atoms with E-state index in [4.69, 9.17) is 11.6 Å². The van der Waals surface area contributed by atoms with Crippen molar-refractivity contribution in [2.45, 2.75) is 24.2 Å². The Kier molecular flexibility index (Phi) is 3.26. The Morgan fingerprint density at radius 3 is 2.60 bits per heavy atom. The smallest absolute Gasteiger partial charge is 0.281 e. The second-order valence-corrected chi connectivity index (χ2v) is 4.64. The van der Waals surface area contributed by atoms with Gasteiger partial charge in [0.05, 0.1) is 13.1 Å². The summed E-state index contributed by atoms with van der Waals surface area (Å²) in [4.78, 5) is 2.80. The third kappa shape index (κ3) is 2.32. The zero-order valence-electron chi connectivity index (χ0n) is 8.32. The molecule has 1 aliphatic heterocycles. The van der Waals surface area contributed by atoms with E-state index in [-0.39, 0.29) is 5.15 Å². The summed E-state index contributed by atoms with van der Waals surface area (Å²) in [6, 6.07) is 3.33. The number of hydrogen-bond donors (Lipinski definition) is 1. The van der Waals surface area contributed by atoms with Crippen molar-refractivity contribution in [3.05, 3.63) is 22.5 Å². The fraction of sp³-hybridized carbons (Fsp3) is 0.500. The Balaban J connectivity index is 2.33. The van der Waals surface area contributed by atoms with E-state index in [1.165, 1.54) is 6.42 Å². The number of hydrogen-bond acceptors (Lipinski definition) is 3. The van der Waals surface area contributed by atoms with Crippen molar-refractivity contribution in [2.24, 2.45) is 0 Å². The Morgan fingerprint density at radius 2 is 1.93 bits per heavy atom. The van der Waals surface area contributed by atoms with Crippen molar-refractivity contribution in [2.75, 3.05) is 18.0 Å². The second kappa shape index (κ2) is 4.49. The first-order valence-electron chi connectivity index (χ1n) is 5.05. The van der Waals surface area contributed by atoms with E-state index in [0.717, 1.165) is 35.6 Å². The maximum absolute atomic E-state index is 11.7. The van der Waals surface area contributed by atoms with Crippen LogP contribution < -0.4 is 9.63 Å². The molecule has 2 heterocycles. The number of anilines is 1. The highest BCUT2D eigenvalue weighted by Gasteiger charge is 2.21. The lowest BCUT2D eigenvalue weighted by Gasteiger charge is -2.24. The van der Waals surface area contributed by atoms with Crippen LogP contribution in [0.1, 0.15) is 19.3 Å². The molecule has 0 unspecified atom stereocenters. The average molecular weight is 245 g/mol. The first-order valence-corrected chi connectivity index (χ1v) is 5.88. The number of nitrogens with zero attached hydrogens (tertiary/aromatic N) is 2. The second-order valence-electron chi connectivity index (χ2n) is 3.74. The highest BCUT2D eigenvalue weighted by atomic mass is 35.5. The average Bonchev–Trinajstić information content (AvgIpc) is 2.24. The van der Waals surface area contributed by atoms with Crippen LogP contribution in [0.4, 0.5) is 5.82 Å².